The van der Waals surface area contributed by atoms with Gasteiger partial charge in [0.25, 0.3) is 0 Å². The fraction of sp³-hybridized carbons (Fsp3) is 0.500. The van der Waals surface area contributed by atoms with Crippen molar-refractivity contribution < 1.29 is 17.6 Å². The Bertz CT molecular complexity index is 415. The number of hydrogen-bond donors (Lipinski definition) is 1. The zero-order chi connectivity index (χ0) is 12.6. The Hall–Kier alpha value is -0.810. The van der Waals surface area contributed by atoms with Crippen LogP contribution in [-0.4, -0.2) is 0 Å². The maximum absolute atomic E-state index is 13.1. The summed E-state index contributed by atoms with van der Waals surface area (Å²) in [5, 5.41) is 0. The highest BCUT2D eigenvalue weighted by molar-refractivity contribution is 5.85. The summed E-state index contributed by atoms with van der Waals surface area (Å²) in [4.78, 5) is 0. The molecule has 1 aromatic carbocycles. The zero-order valence-corrected chi connectivity index (χ0v) is 10.3. The number of halogens is 5. The zero-order valence-electron chi connectivity index (χ0n) is 9.51. The molecule has 2 rings (SSSR count). The van der Waals surface area contributed by atoms with Gasteiger partial charge < -0.3 is 5.73 Å². The summed E-state index contributed by atoms with van der Waals surface area (Å²) >= 11 is 0. The van der Waals surface area contributed by atoms with Crippen LogP contribution >= 0.6 is 12.4 Å². The lowest BCUT2D eigenvalue weighted by molar-refractivity contribution is -0.137. The van der Waals surface area contributed by atoms with Crippen molar-refractivity contribution in [2.75, 3.05) is 0 Å². The largest absolute Gasteiger partial charge is 0.416 e. The summed E-state index contributed by atoms with van der Waals surface area (Å²) in [6.45, 7) is 0. The maximum atomic E-state index is 13.1. The summed E-state index contributed by atoms with van der Waals surface area (Å²) in [6, 6.07) is 2.04. The first-order valence-electron chi connectivity index (χ1n) is 5.51. The third-order valence-electron chi connectivity index (χ3n) is 3.29. The van der Waals surface area contributed by atoms with Gasteiger partial charge in [-0.15, -0.1) is 12.4 Å². The van der Waals surface area contributed by atoms with Crippen molar-refractivity contribution in [2.24, 2.45) is 11.7 Å². The normalized spacial score (nSPS) is 17.8. The Morgan fingerprint density at radius 1 is 1.17 bits per heavy atom. The Balaban J connectivity index is 0.00000162. The number of rotatable bonds is 2. The average Bonchev–Trinajstić information content (AvgIpc) is 2.12. The molecule has 0 saturated heterocycles. The molecule has 1 nitrogen and oxygen atoms in total. The molecular weight excluding hydrogens is 270 g/mol. The highest BCUT2D eigenvalue weighted by Crippen LogP contribution is 2.38. The van der Waals surface area contributed by atoms with Gasteiger partial charge in [0.05, 0.1) is 5.56 Å². The quantitative estimate of drug-likeness (QED) is 0.814. The van der Waals surface area contributed by atoms with Gasteiger partial charge in [-0.3, -0.25) is 0 Å². The second-order valence-corrected chi connectivity index (χ2v) is 4.49. The molecule has 0 aromatic heterocycles. The van der Waals surface area contributed by atoms with Crippen LogP contribution in [0.4, 0.5) is 17.6 Å². The Morgan fingerprint density at radius 3 is 2.22 bits per heavy atom. The van der Waals surface area contributed by atoms with Crippen LogP contribution in [0.15, 0.2) is 18.2 Å². The predicted octanol–water partition coefficient (Wildman–Crippen LogP) is 4.07. The first-order valence-corrected chi connectivity index (χ1v) is 5.51. The van der Waals surface area contributed by atoms with Gasteiger partial charge in [0.1, 0.15) is 5.82 Å². The van der Waals surface area contributed by atoms with Crippen molar-refractivity contribution in [1.29, 1.82) is 0 Å². The van der Waals surface area contributed by atoms with Gasteiger partial charge in [-0.1, -0.05) is 6.42 Å². The molecule has 0 spiro atoms. The molecular formula is C12H14ClF4N. The molecule has 1 aliphatic carbocycles. The van der Waals surface area contributed by atoms with Crippen molar-refractivity contribution in [3.8, 4) is 0 Å². The van der Waals surface area contributed by atoms with Crippen LogP contribution in [-0.2, 0) is 6.18 Å². The Morgan fingerprint density at radius 2 is 1.78 bits per heavy atom. The lowest BCUT2D eigenvalue weighted by Crippen LogP contribution is -2.27. The molecule has 1 atom stereocenters. The number of hydrogen-bond acceptors (Lipinski definition) is 1. The van der Waals surface area contributed by atoms with Crippen molar-refractivity contribution in [2.45, 2.75) is 31.5 Å². The van der Waals surface area contributed by atoms with E-state index in [1.54, 1.807) is 0 Å². The molecule has 102 valence electrons. The van der Waals surface area contributed by atoms with Crippen LogP contribution in [0.5, 0.6) is 0 Å². The van der Waals surface area contributed by atoms with Crippen molar-refractivity contribution in [3.05, 3.63) is 35.1 Å². The average molecular weight is 284 g/mol. The van der Waals surface area contributed by atoms with Crippen LogP contribution < -0.4 is 5.73 Å². The highest BCUT2D eigenvalue weighted by Gasteiger charge is 2.33. The smallest absolute Gasteiger partial charge is 0.324 e. The minimum Gasteiger partial charge on any atom is -0.324 e. The molecule has 1 aromatic rings. The van der Waals surface area contributed by atoms with Gasteiger partial charge in [-0.25, -0.2) is 4.39 Å². The molecule has 18 heavy (non-hydrogen) atoms. The molecule has 1 fully saturated rings. The third kappa shape index (κ3) is 3.14. The van der Waals surface area contributed by atoms with E-state index < -0.39 is 23.6 Å². The Kier molecular flexibility index (Phi) is 4.61. The van der Waals surface area contributed by atoms with E-state index in [1.165, 1.54) is 0 Å². The third-order valence-corrected chi connectivity index (χ3v) is 3.29. The van der Waals surface area contributed by atoms with E-state index in [9.17, 15) is 17.6 Å². The molecule has 6 heteroatoms. The molecule has 2 N–H and O–H groups in total. The lowest BCUT2D eigenvalue weighted by atomic mass is 9.77. The molecule has 0 bridgehead atoms. The monoisotopic (exact) mass is 283 g/mol. The summed E-state index contributed by atoms with van der Waals surface area (Å²) in [6.07, 6.45) is -1.69. The van der Waals surface area contributed by atoms with Crippen molar-refractivity contribution in [3.63, 3.8) is 0 Å². The van der Waals surface area contributed by atoms with Crippen LogP contribution in [0.1, 0.15) is 36.4 Å². The van der Waals surface area contributed by atoms with Crippen LogP contribution in [0.25, 0.3) is 0 Å². The number of alkyl halides is 3. The molecule has 0 unspecified atom stereocenters. The minimum atomic E-state index is -4.53. The van der Waals surface area contributed by atoms with E-state index >= 15 is 0 Å². The van der Waals surface area contributed by atoms with Gasteiger partial charge >= 0.3 is 6.18 Å². The van der Waals surface area contributed by atoms with Crippen LogP contribution in [0.3, 0.4) is 0 Å². The SMILES string of the molecule is Cl.N[C@H](c1cc(F)cc(C(F)(F)F)c1)C1CCC1. The summed E-state index contributed by atoms with van der Waals surface area (Å²) in [7, 11) is 0. The standard InChI is InChI=1S/C12H13F4N.ClH/c13-10-5-8(11(17)7-2-1-3-7)4-9(6-10)12(14,15)16;/h4-7,11H,1-3,17H2;1H/t11-;/m0./s1. The van der Waals surface area contributed by atoms with E-state index in [4.69, 9.17) is 5.73 Å². The van der Waals surface area contributed by atoms with E-state index in [-0.39, 0.29) is 23.9 Å². The van der Waals surface area contributed by atoms with Gasteiger partial charge in [0.2, 0.25) is 0 Å². The second kappa shape index (κ2) is 5.45. The first kappa shape index (κ1) is 15.2. The predicted molar refractivity (Wildman–Crippen MR) is 62.9 cm³/mol. The summed E-state index contributed by atoms with van der Waals surface area (Å²) in [5.41, 5.74) is 5.12. The molecule has 1 aliphatic rings. The van der Waals surface area contributed by atoms with Crippen molar-refractivity contribution >= 4 is 12.4 Å². The number of benzene rings is 1. The van der Waals surface area contributed by atoms with Gasteiger partial charge in [0, 0.05) is 6.04 Å². The molecule has 0 amide bonds. The molecule has 0 radical (unpaired) electrons. The topological polar surface area (TPSA) is 26.0 Å². The molecule has 0 heterocycles. The van der Waals surface area contributed by atoms with Crippen molar-refractivity contribution in [1.82, 2.24) is 0 Å². The maximum Gasteiger partial charge on any atom is 0.416 e. The number of nitrogens with two attached hydrogens (primary N) is 1. The summed E-state index contributed by atoms with van der Waals surface area (Å²) in [5.74, 6) is -0.706. The highest BCUT2D eigenvalue weighted by atomic mass is 35.5. The first-order chi connectivity index (χ1) is 7.88. The fourth-order valence-electron chi connectivity index (χ4n) is 2.04. The molecule has 0 aliphatic heterocycles. The van der Waals surface area contributed by atoms with Crippen LogP contribution in [0.2, 0.25) is 0 Å². The van der Waals surface area contributed by atoms with E-state index in [2.05, 4.69) is 0 Å². The van der Waals surface area contributed by atoms with Crippen LogP contribution in [0, 0.1) is 11.7 Å². The van der Waals surface area contributed by atoms with Gasteiger partial charge in [-0.05, 0) is 42.5 Å². The van der Waals surface area contributed by atoms with Gasteiger partial charge in [0.15, 0.2) is 0 Å². The lowest BCUT2D eigenvalue weighted by Gasteiger charge is -2.31. The van der Waals surface area contributed by atoms with E-state index in [1.807, 2.05) is 0 Å². The molecule has 1 saturated carbocycles. The fourth-order valence-corrected chi connectivity index (χ4v) is 2.04. The van der Waals surface area contributed by atoms with Gasteiger partial charge in [-0.2, -0.15) is 13.2 Å². The Labute approximate surface area is 109 Å². The minimum absolute atomic E-state index is 0. The second-order valence-electron chi connectivity index (χ2n) is 4.49. The van der Waals surface area contributed by atoms with E-state index in [0.717, 1.165) is 31.4 Å². The van der Waals surface area contributed by atoms with E-state index in [0.29, 0.717) is 6.07 Å². The summed E-state index contributed by atoms with van der Waals surface area (Å²) < 4.78 is 50.7.